The molecular weight excluding hydrogens is 426 g/mol. The molecule has 2 fully saturated rings. The lowest BCUT2D eigenvalue weighted by molar-refractivity contribution is 0.0447. The minimum atomic E-state index is -0.275. The molecule has 0 bridgehead atoms. The van der Waals surface area contributed by atoms with Gasteiger partial charge in [0, 0.05) is 30.2 Å². The van der Waals surface area contributed by atoms with Crippen molar-refractivity contribution in [3.63, 3.8) is 0 Å². The lowest BCUT2D eigenvalue weighted by Gasteiger charge is -2.54. The van der Waals surface area contributed by atoms with E-state index in [1.54, 1.807) is 11.0 Å². The van der Waals surface area contributed by atoms with Gasteiger partial charge in [0.2, 0.25) is 0 Å². The highest BCUT2D eigenvalue weighted by atomic mass is 16.3. The van der Waals surface area contributed by atoms with Crippen LogP contribution in [0.3, 0.4) is 0 Å². The van der Waals surface area contributed by atoms with Gasteiger partial charge in [-0.3, -0.25) is 9.59 Å². The zero-order valence-electron chi connectivity index (χ0n) is 21.3. The Morgan fingerprint density at radius 2 is 1.85 bits per heavy atom. The molecule has 1 aromatic carbocycles. The van der Waals surface area contributed by atoms with Crippen molar-refractivity contribution in [2.75, 3.05) is 26.7 Å². The van der Waals surface area contributed by atoms with E-state index in [0.717, 1.165) is 63.0 Å². The number of carbonyl (C=O) groups is 1. The van der Waals surface area contributed by atoms with Crippen molar-refractivity contribution in [2.24, 2.45) is 5.92 Å². The van der Waals surface area contributed by atoms with Gasteiger partial charge < -0.3 is 19.9 Å². The number of amides is 1. The number of fused-ring (bicyclic) bond motifs is 2. The van der Waals surface area contributed by atoms with Crippen molar-refractivity contribution in [3.05, 3.63) is 62.6 Å². The molecule has 0 saturated carbocycles. The predicted molar refractivity (Wildman–Crippen MR) is 136 cm³/mol. The highest BCUT2D eigenvalue weighted by Crippen LogP contribution is 2.50. The fourth-order valence-electron chi connectivity index (χ4n) is 6.45. The van der Waals surface area contributed by atoms with Crippen LogP contribution >= 0.6 is 0 Å². The van der Waals surface area contributed by atoms with Gasteiger partial charge in [-0.2, -0.15) is 0 Å². The summed E-state index contributed by atoms with van der Waals surface area (Å²) in [6.07, 6.45) is 4.52. The van der Waals surface area contributed by atoms with Crippen LogP contribution in [0, 0.1) is 12.8 Å². The monoisotopic (exact) mass is 465 g/mol. The Morgan fingerprint density at radius 1 is 1.15 bits per heavy atom. The number of aryl methyl sites for hydroxylation is 1. The summed E-state index contributed by atoms with van der Waals surface area (Å²) in [5.41, 5.74) is 4.26. The zero-order valence-corrected chi connectivity index (χ0v) is 21.3. The van der Waals surface area contributed by atoms with Crippen LogP contribution in [0.5, 0.6) is 5.75 Å². The lowest BCUT2D eigenvalue weighted by atomic mass is 9.56. The molecular formula is C28H39N3O3. The minimum Gasteiger partial charge on any atom is -0.508 e. The number of rotatable bonds is 2. The fraction of sp³-hybridized carbons (Fsp3) is 0.571. The van der Waals surface area contributed by atoms with Gasteiger partial charge in [0.15, 0.2) is 0 Å². The molecule has 3 unspecified atom stereocenters. The van der Waals surface area contributed by atoms with E-state index < -0.39 is 0 Å². The van der Waals surface area contributed by atoms with Crippen molar-refractivity contribution >= 4 is 5.91 Å². The third-order valence-corrected chi connectivity index (χ3v) is 8.43. The van der Waals surface area contributed by atoms with Gasteiger partial charge in [-0.15, -0.1) is 0 Å². The van der Waals surface area contributed by atoms with Crippen molar-refractivity contribution in [1.82, 2.24) is 14.8 Å². The summed E-state index contributed by atoms with van der Waals surface area (Å²) in [5, 5.41) is 10.3. The minimum absolute atomic E-state index is 0.138. The molecule has 6 nitrogen and oxygen atoms in total. The average Bonchev–Trinajstić information content (AvgIpc) is 3.38. The normalized spacial score (nSPS) is 26.3. The van der Waals surface area contributed by atoms with Crippen LogP contribution in [0.25, 0.3) is 0 Å². The van der Waals surface area contributed by atoms with E-state index in [-0.39, 0.29) is 28.2 Å². The first-order chi connectivity index (χ1) is 16.3. The van der Waals surface area contributed by atoms with Crippen LogP contribution in [-0.4, -0.2) is 58.5 Å². The Balaban J connectivity index is 0.00000133. The largest absolute Gasteiger partial charge is 0.508 e. The fourth-order valence-corrected chi connectivity index (χ4v) is 6.45. The molecule has 3 atom stereocenters. The van der Waals surface area contributed by atoms with Gasteiger partial charge >= 0.3 is 0 Å². The number of aromatic nitrogens is 1. The van der Waals surface area contributed by atoms with Crippen molar-refractivity contribution < 1.29 is 9.90 Å². The summed E-state index contributed by atoms with van der Waals surface area (Å²) in [5.74, 6) is 0.479. The number of benzene rings is 1. The van der Waals surface area contributed by atoms with Gasteiger partial charge in [-0.25, -0.2) is 0 Å². The van der Waals surface area contributed by atoms with Crippen molar-refractivity contribution in [3.8, 4) is 5.75 Å². The number of piperidine rings is 1. The van der Waals surface area contributed by atoms with Crippen LogP contribution in [-0.2, 0) is 18.3 Å². The zero-order chi connectivity index (χ0) is 24.6. The van der Waals surface area contributed by atoms with E-state index in [1.165, 1.54) is 11.1 Å². The Morgan fingerprint density at radius 3 is 2.56 bits per heavy atom. The van der Waals surface area contributed by atoms with E-state index in [1.807, 2.05) is 32.0 Å². The lowest BCUT2D eigenvalue weighted by Crippen LogP contribution is -2.57. The number of pyridine rings is 1. The number of likely N-dealkylation sites (tertiary alicyclic amines) is 2. The van der Waals surface area contributed by atoms with E-state index in [4.69, 9.17) is 0 Å². The molecule has 3 heterocycles. The molecule has 5 rings (SSSR count). The summed E-state index contributed by atoms with van der Waals surface area (Å²) in [4.78, 5) is 33.3. The standard InChI is InChI=1S/C26H33N3O3.C2H6/c1-16-6-7-19(30)14-21(16)26-8-11-28(3)17(2)22(26)13-18-12-20(24(31)27-23(18)15-26)25(32)29-9-4-5-10-29;1-2/h6-7,12,14,17,22,30H,4-5,8-11,13,15H2,1-3H3,(H,27,31);1-2H3. The van der Waals surface area contributed by atoms with Crippen molar-refractivity contribution in [1.29, 1.82) is 0 Å². The van der Waals surface area contributed by atoms with Crippen LogP contribution < -0.4 is 5.56 Å². The molecule has 34 heavy (non-hydrogen) atoms. The molecule has 2 aliphatic heterocycles. The summed E-state index contributed by atoms with van der Waals surface area (Å²) < 4.78 is 0. The number of phenolic OH excluding ortho intramolecular Hbond substituents is 1. The van der Waals surface area contributed by atoms with Gasteiger partial charge in [0.25, 0.3) is 11.5 Å². The molecule has 2 saturated heterocycles. The third-order valence-electron chi connectivity index (χ3n) is 8.43. The maximum atomic E-state index is 13.0. The third kappa shape index (κ3) is 4.06. The number of aromatic amines is 1. The van der Waals surface area contributed by atoms with Crippen LogP contribution in [0.4, 0.5) is 0 Å². The molecule has 6 heteroatoms. The van der Waals surface area contributed by atoms with Crippen LogP contribution in [0.15, 0.2) is 29.1 Å². The maximum absolute atomic E-state index is 13.0. The molecule has 0 spiro atoms. The number of carbonyl (C=O) groups excluding carboxylic acids is 1. The molecule has 184 valence electrons. The first-order valence-electron chi connectivity index (χ1n) is 12.8. The second kappa shape index (κ2) is 9.57. The molecule has 2 aromatic rings. The number of phenols is 1. The second-order valence-electron chi connectivity index (χ2n) is 10.1. The number of hydrogen-bond acceptors (Lipinski definition) is 4. The highest BCUT2D eigenvalue weighted by Gasteiger charge is 2.50. The molecule has 1 aliphatic carbocycles. The molecule has 0 radical (unpaired) electrons. The number of nitrogens with zero attached hydrogens (tertiary/aromatic N) is 2. The number of hydrogen-bond donors (Lipinski definition) is 2. The summed E-state index contributed by atoms with van der Waals surface area (Å²) in [6.45, 7) is 10.8. The van der Waals surface area contributed by atoms with Gasteiger partial charge in [-0.05, 0) is 100 Å². The first kappa shape index (κ1) is 24.5. The van der Waals surface area contributed by atoms with Crippen LogP contribution in [0.2, 0.25) is 0 Å². The topological polar surface area (TPSA) is 76.6 Å². The summed E-state index contributed by atoms with van der Waals surface area (Å²) in [6, 6.07) is 7.89. The SMILES string of the molecule is CC.Cc1ccc(O)cc1C12CCN(C)C(C)C1Cc1cc(C(=O)N3CCCC3)c(=O)[nH]c1C2. The van der Waals surface area contributed by atoms with Gasteiger partial charge in [0.05, 0.1) is 0 Å². The van der Waals surface area contributed by atoms with Gasteiger partial charge in [0.1, 0.15) is 11.3 Å². The maximum Gasteiger partial charge on any atom is 0.261 e. The molecule has 1 amide bonds. The Labute approximate surface area is 203 Å². The molecule has 3 aliphatic rings. The summed E-state index contributed by atoms with van der Waals surface area (Å²) in [7, 11) is 2.18. The van der Waals surface area contributed by atoms with E-state index >= 15 is 0 Å². The quantitative estimate of drug-likeness (QED) is 0.702. The average molecular weight is 466 g/mol. The molecule has 1 aromatic heterocycles. The Bertz CT molecular complexity index is 1120. The Hall–Kier alpha value is -2.60. The number of H-pyrrole nitrogens is 1. The van der Waals surface area contributed by atoms with Crippen LogP contribution in [0.1, 0.15) is 72.8 Å². The van der Waals surface area contributed by atoms with Crippen molar-refractivity contribution in [2.45, 2.75) is 71.3 Å². The second-order valence-corrected chi connectivity index (χ2v) is 10.1. The molecule has 2 N–H and O–H groups in total. The Kier molecular flexibility index (Phi) is 6.90. The number of nitrogens with one attached hydrogen (secondary N) is 1. The van der Waals surface area contributed by atoms with E-state index in [9.17, 15) is 14.7 Å². The van der Waals surface area contributed by atoms with Gasteiger partial charge in [-0.1, -0.05) is 19.9 Å². The highest BCUT2D eigenvalue weighted by molar-refractivity contribution is 5.94. The number of aromatic hydroxyl groups is 1. The first-order valence-corrected chi connectivity index (χ1v) is 12.8. The smallest absolute Gasteiger partial charge is 0.261 e. The van der Waals surface area contributed by atoms with E-state index in [2.05, 4.69) is 30.8 Å². The summed E-state index contributed by atoms with van der Waals surface area (Å²) >= 11 is 0. The predicted octanol–water partition coefficient (Wildman–Crippen LogP) is 4.03. The van der Waals surface area contributed by atoms with E-state index in [0.29, 0.717) is 12.0 Å².